The fraction of sp³-hybridized carbons (Fsp3) is 0.150. The van der Waals surface area contributed by atoms with Crippen LogP contribution in [0.4, 0.5) is 5.69 Å². The van der Waals surface area contributed by atoms with Gasteiger partial charge in [0.25, 0.3) is 5.91 Å². The molecule has 28 heavy (non-hydrogen) atoms. The van der Waals surface area contributed by atoms with E-state index in [-0.39, 0.29) is 18.4 Å². The van der Waals surface area contributed by atoms with Gasteiger partial charge in [-0.05, 0) is 37.3 Å². The summed E-state index contributed by atoms with van der Waals surface area (Å²) in [7, 11) is 1.73. The number of rotatable bonds is 6. The Kier molecular flexibility index (Phi) is 5.96. The van der Waals surface area contributed by atoms with Crippen LogP contribution in [0.3, 0.4) is 0 Å². The van der Waals surface area contributed by atoms with Crippen LogP contribution in [0.2, 0.25) is 5.15 Å². The molecule has 7 nitrogen and oxygen atoms in total. The molecule has 2 amide bonds. The molecule has 0 unspecified atom stereocenters. The molecule has 2 N–H and O–H groups in total. The van der Waals surface area contributed by atoms with Crippen LogP contribution in [-0.2, 0) is 18.4 Å². The van der Waals surface area contributed by atoms with Crippen LogP contribution in [-0.4, -0.2) is 21.6 Å². The van der Waals surface area contributed by atoms with E-state index in [2.05, 4.69) is 15.7 Å². The van der Waals surface area contributed by atoms with E-state index in [0.717, 1.165) is 0 Å². The number of anilines is 1. The smallest absolute Gasteiger partial charge is 0.253 e. The first-order chi connectivity index (χ1) is 13.5. The first-order valence-corrected chi connectivity index (χ1v) is 8.91. The van der Waals surface area contributed by atoms with Crippen LogP contribution in [0, 0.1) is 6.92 Å². The van der Waals surface area contributed by atoms with Gasteiger partial charge in [-0.1, -0.05) is 23.7 Å². The van der Waals surface area contributed by atoms with Crippen molar-refractivity contribution in [1.82, 2.24) is 15.1 Å². The summed E-state index contributed by atoms with van der Waals surface area (Å²) in [6, 6.07) is 10.3. The van der Waals surface area contributed by atoms with E-state index in [1.807, 2.05) is 6.92 Å². The summed E-state index contributed by atoms with van der Waals surface area (Å²) in [5.74, 6) is -0.0606. The summed E-state index contributed by atoms with van der Waals surface area (Å²) >= 11 is 6.16. The normalized spacial score (nSPS) is 11.0. The maximum atomic E-state index is 12.5. The molecule has 0 saturated heterocycles. The maximum absolute atomic E-state index is 12.5. The Hall–Kier alpha value is -3.32. The van der Waals surface area contributed by atoms with Gasteiger partial charge in [0, 0.05) is 18.7 Å². The number of hydrogen-bond donors (Lipinski definition) is 2. The van der Waals surface area contributed by atoms with Gasteiger partial charge in [0.2, 0.25) is 5.91 Å². The quantitative estimate of drug-likeness (QED) is 0.621. The predicted molar refractivity (Wildman–Crippen MR) is 107 cm³/mol. The molecule has 2 aromatic heterocycles. The second kappa shape index (κ2) is 8.58. The Morgan fingerprint density at radius 2 is 2.04 bits per heavy atom. The lowest BCUT2D eigenvalue weighted by molar-refractivity contribution is -0.111. The molecular weight excluding hydrogens is 380 g/mol. The summed E-state index contributed by atoms with van der Waals surface area (Å²) < 4.78 is 6.73. The van der Waals surface area contributed by atoms with E-state index < -0.39 is 0 Å². The van der Waals surface area contributed by atoms with Gasteiger partial charge in [-0.3, -0.25) is 14.3 Å². The molecule has 0 spiro atoms. The molecule has 8 heteroatoms. The van der Waals surface area contributed by atoms with Gasteiger partial charge in [-0.25, -0.2) is 0 Å². The van der Waals surface area contributed by atoms with Crippen molar-refractivity contribution < 1.29 is 14.0 Å². The molecule has 3 rings (SSSR count). The van der Waals surface area contributed by atoms with E-state index in [1.54, 1.807) is 49.5 Å². The highest BCUT2D eigenvalue weighted by Crippen LogP contribution is 2.20. The van der Waals surface area contributed by atoms with E-state index in [9.17, 15) is 9.59 Å². The molecule has 144 valence electrons. The maximum Gasteiger partial charge on any atom is 0.253 e. The lowest BCUT2D eigenvalue weighted by Crippen LogP contribution is -2.24. The lowest BCUT2D eigenvalue weighted by atomic mass is 10.1. The van der Waals surface area contributed by atoms with Gasteiger partial charge < -0.3 is 15.1 Å². The molecule has 0 fully saturated rings. The van der Waals surface area contributed by atoms with Crippen molar-refractivity contribution in [3.8, 4) is 0 Å². The van der Waals surface area contributed by atoms with Crippen LogP contribution in [0.15, 0.2) is 53.2 Å². The van der Waals surface area contributed by atoms with Crippen LogP contribution >= 0.6 is 11.6 Å². The lowest BCUT2D eigenvalue weighted by Gasteiger charge is -2.10. The highest BCUT2D eigenvalue weighted by Gasteiger charge is 2.13. The molecule has 0 aliphatic carbocycles. The number of furan rings is 1. The topological polar surface area (TPSA) is 89.2 Å². The summed E-state index contributed by atoms with van der Waals surface area (Å²) in [5, 5.41) is 10.1. The molecule has 0 atom stereocenters. The summed E-state index contributed by atoms with van der Waals surface area (Å²) in [4.78, 5) is 24.8. The van der Waals surface area contributed by atoms with Crippen molar-refractivity contribution in [2.24, 2.45) is 7.05 Å². The number of halogens is 1. The third-order valence-electron chi connectivity index (χ3n) is 4.03. The SMILES string of the molecule is Cc1nn(C)c(Cl)c1/C=C/C(=O)Nc1ccccc1C(=O)NCc1ccco1. The number of nitrogens with zero attached hydrogens (tertiary/aromatic N) is 2. The van der Waals surface area contributed by atoms with Crippen molar-refractivity contribution in [3.63, 3.8) is 0 Å². The predicted octanol–water partition coefficient (Wildman–Crippen LogP) is 3.56. The number of amides is 2. The third kappa shape index (κ3) is 4.50. The van der Waals surface area contributed by atoms with Crippen molar-refractivity contribution in [1.29, 1.82) is 0 Å². The number of hydrogen-bond acceptors (Lipinski definition) is 4. The summed E-state index contributed by atoms with van der Waals surface area (Å²) in [6.45, 7) is 2.06. The Morgan fingerprint density at radius 3 is 2.71 bits per heavy atom. The Labute approximate surface area is 167 Å². The average Bonchev–Trinajstić information content (AvgIpc) is 3.27. The van der Waals surface area contributed by atoms with Crippen molar-refractivity contribution in [2.75, 3.05) is 5.32 Å². The summed E-state index contributed by atoms with van der Waals surface area (Å²) in [6.07, 6.45) is 4.49. The summed E-state index contributed by atoms with van der Waals surface area (Å²) in [5.41, 5.74) is 2.15. The fourth-order valence-electron chi connectivity index (χ4n) is 2.64. The minimum absolute atomic E-state index is 0.257. The van der Waals surface area contributed by atoms with Gasteiger partial charge >= 0.3 is 0 Å². The first kappa shape index (κ1) is 19.4. The number of aryl methyl sites for hydroxylation is 2. The monoisotopic (exact) mass is 398 g/mol. The van der Waals surface area contributed by atoms with Crippen molar-refractivity contribution >= 4 is 35.2 Å². The van der Waals surface area contributed by atoms with Gasteiger partial charge in [0.15, 0.2) is 0 Å². The number of para-hydroxylation sites is 1. The second-order valence-corrected chi connectivity index (χ2v) is 6.40. The van der Waals surface area contributed by atoms with Crippen LogP contribution in [0.1, 0.15) is 27.4 Å². The van der Waals surface area contributed by atoms with E-state index in [0.29, 0.717) is 33.4 Å². The van der Waals surface area contributed by atoms with Gasteiger partial charge in [-0.2, -0.15) is 5.10 Å². The molecule has 0 aliphatic heterocycles. The molecule has 2 heterocycles. The largest absolute Gasteiger partial charge is 0.467 e. The van der Waals surface area contributed by atoms with Gasteiger partial charge in [-0.15, -0.1) is 0 Å². The number of benzene rings is 1. The molecular formula is C20H19ClN4O3. The minimum Gasteiger partial charge on any atom is -0.467 e. The highest BCUT2D eigenvalue weighted by molar-refractivity contribution is 6.31. The number of carbonyl (C=O) groups is 2. The second-order valence-electron chi connectivity index (χ2n) is 6.04. The Morgan fingerprint density at radius 1 is 1.25 bits per heavy atom. The van der Waals surface area contributed by atoms with Crippen LogP contribution in [0.5, 0.6) is 0 Å². The Balaban J connectivity index is 1.69. The zero-order chi connectivity index (χ0) is 20.1. The zero-order valence-corrected chi connectivity index (χ0v) is 16.2. The van der Waals surface area contributed by atoms with Crippen molar-refractivity contribution in [2.45, 2.75) is 13.5 Å². The van der Waals surface area contributed by atoms with E-state index >= 15 is 0 Å². The number of aromatic nitrogens is 2. The van der Waals surface area contributed by atoms with Crippen LogP contribution < -0.4 is 10.6 Å². The highest BCUT2D eigenvalue weighted by atomic mass is 35.5. The van der Waals surface area contributed by atoms with Gasteiger partial charge in [0.1, 0.15) is 10.9 Å². The van der Waals surface area contributed by atoms with E-state index in [1.165, 1.54) is 17.0 Å². The molecule has 0 radical (unpaired) electrons. The van der Waals surface area contributed by atoms with Crippen molar-refractivity contribution in [3.05, 3.63) is 76.5 Å². The minimum atomic E-state index is -0.384. The fourth-order valence-corrected chi connectivity index (χ4v) is 2.87. The van der Waals surface area contributed by atoms with E-state index in [4.69, 9.17) is 16.0 Å². The molecule has 1 aromatic carbocycles. The third-order valence-corrected chi connectivity index (χ3v) is 4.48. The first-order valence-electron chi connectivity index (χ1n) is 8.53. The molecule has 0 bridgehead atoms. The zero-order valence-electron chi connectivity index (χ0n) is 15.4. The van der Waals surface area contributed by atoms with Crippen LogP contribution in [0.25, 0.3) is 6.08 Å². The molecule has 0 aliphatic rings. The Bertz CT molecular complexity index is 1020. The average molecular weight is 399 g/mol. The molecule has 0 saturated carbocycles. The number of nitrogens with one attached hydrogen (secondary N) is 2. The van der Waals surface area contributed by atoms with Gasteiger partial charge in [0.05, 0.1) is 29.8 Å². The standard InChI is InChI=1S/C20H19ClN4O3/c1-13-15(19(21)25(2)24-13)9-10-18(26)23-17-8-4-3-7-16(17)20(27)22-12-14-6-5-11-28-14/h3-11H,12H2,1-2H3,(H,22,27)(H,23,26)/b10-9+. The number of carbonyl (C=O) groups excluding carboxylic acids is 2. The molecule has 3 aromatic rings.